The molecule has 334 valence electrons. The van der Waals surface area contributed by atoms with E-state index in [-0.39, 0.29) is 55.7 Å². The second-order valence-electron chi connectivity index (χ2n) is 17.4. The SMILES string of the molecule is CC(C)(C)Oc1ccc(C[C@@H](CC(=O)OCC2c3ccccc3-c3ccccc32)C(=O)O)cc1.COC(=O)[C@H](CC(=O)OCC1c2ccccc2-c2ccccc21)Cc1ccc(O)cc1. The van der Waals surface area contributed by atoms with Crippen molar-refractivity contribution in [2.45, 2.75) is 63.9 Å². The minimum atomic E-state index is -1.01. The molecule has 10 nitrogen and oxygen atoms in total. The van der Waals surface area contributed by atoms with E-state index in [1.54, 1.807) is 24.3 Å². The molecule has 0 bridgehead atoms. The zero-order valence-electron chi connectivity index (χ0n) is 37.1. The molecule has 0 saturated heterocycles. The molecule has 2 aliphatic rings. The van der Waals surface area contributed by atoms with Gasteiger partial charge in [-0.3, -0.25) is 19.2 Å². The van der Waals surface area contributed by atoms with E-state index in [1.165, 1.54) is 18.2 Å². The molecule has 0 spiro atoms. The summed E-state index contributed by atoms with van der Waals surface area (Å²) in [7, 11) is 1.31. The summed E-state index contributed by atoms with van der Waals surface area (Å²) >= 11 is 0. The van der Waals surface area contributed by atoms with Crippen molar-refractivity contribution >= 4 is 23.9 Å². The van der Waals surface area contributed by atoms with Crippen LogP contribution in [0.2, 0.25) is 0 Å². The van der Waals surface area contributed by atoms with Gasteiger partial charge in [-0.2, -0.15) is 0 Å². The fraction of sp³-hybridized carbons (Fsp3) is 0.273. The van der Waals surface area contributed by atoms with E-state index in [2.05, 4.69) is 48.5 Å². The van der Waals surface area contributed by atoms with Crippen molar-refractivity contribution in [2.75, 3.05) is 20.3 Å². The van der Waals surface area contributed by atoms with Crippen molar-refractivity contribution in [3.63, 3.8) is 0 Å². The van der Waals surface area contributed by atoms with Crippen molar-refractivity contribution in [3.05, 3.63) is 179 Å². The Bertz CT molecular complexity index is 2530. The zero-order chi connectivity index (χ0) is 46.1. The molecule has 0 saturated carbocycles. The number of hydrogen-bond donors (Lipinski definition) is 2. The lowest BCUT2D eigenvalue weighted by Gasteiger charge is -2.21. The first kappa shape index (κ1) is 45.8. The van der Waals surface area contributed by atoms with Gasteiger partial charge in [0.1, 0.15) is 30.3 Å². The molecule has 8 rings (SSSR count). The van der Waals surface area contributed by atoms with Crippen LogP contribution in [-0.4, -0.2) is 60.0 Å². The maximum Gasteiger partial charge on any atom is 0.309 e. The molecule has 0 fully saturated rings. The third kappa shape index (κ3) is 11.5. The molecule has 6 aromatic carbocycles. The fourth-order valence-electron chi connectivity index (χ4n) is 8.65. The third-order valence-electron chi connectivity index (χ3n) is 11.7. The number of methoxy groups -OCH3 is 1. The van der Waals surface area contributed by atoms with Gasteiger partial charge in [0.25, 0.3) is 0 Å². The van der Waals surface area contributed by atoms with Gasteiger partial charge < -0.3 is 29.2 Å². The van der Waals surface area contributed by atoms with Gasteiger partial charge in [0.15, 0.2) is 0 Å². The van der Waals surface area contributed by atoms with Crippen molar-refractivity contribution in [3.8, 4) is 33.8 Å². The van der Waals surface area contributed by atoms with Gasteiger partial charge in [0, 0.05) is 11.8 Å². The molecule has 0 radical (unpaired) electrons. The molecule has 0 amide bonds. The van der Waals surface area contributed by atoms with Crippen molar-refractivity contribution in [2.24, 2.45) is 11.8 Å². The Balaban J connectivity index is 0.000000195. The molecule has 0 aromatic heterocycles. The summed E-state index contributed by atoms with van der Waals surface area (Å²) in [4.78, 5) is 49.3. The topological polar surface area (TPSA) is 146 Å². The van der Waals surface area contributed by atoms with Gasteiger partial charge in [0.2, 0.25) is 0 Å². The first-order valence-electron chi connectivity index (χ1n) is 21.8. The highest BCUT2D eigenvalue weighted by atomic mass is 16.5. The van der Waals surface area contributed by atoms with Crippen LogP contribution in [0.15, 0.2) is 146 Å². The van der Waals surface area contributed by atoms with Crippen LogP contribution in [0.1, 0.15) is 78.8 Å². The monoisotopic (exact) mass is 874 g/mol. The second-order valence-corrected chi connectivity index (χ2v) is 17.4. The Morgan fingerprint density at radius 2 is 0.908 bits per heavy atom. The summed E-state index contributed by atoms with van der Waals surface area (Å²) in [5.74, 6) is -3.10. The number of fused-ring (bicyclic) bond motifs is 6. The molecule has 2 N–H and O–H groups in total. The lowest BCUT2D eigenvalue weighted by molar-refractivity contribution is -0.153. The summed E-state index contributed by atoms with van der Waals surface area (Å²) in [6.45, 7) is 6.32. The maximum absolute atomic E-state index is 12.6. The lowest BCUT2D eigenvalue weighted by Crippen LogP contribution is -2.24. The number of benzene rings is 6. The van der Waals surface area contributed by atoms with Crippen LogP contribution >= 0.6 is 0 Å². The predicted molar refractivity (Wildman–Crippen MR) is 248 cm³/mol. The van der Waals surface area contributed by atoms with Gasteiger partial charge in [-0.05, 0) is 114 Å². The van der Waals surface area contributed by atoms with Crippen LogP contribution in [0, 0.1) is 11.8 Å². The average molecular weight is 875 g/mol. The highest BCUT2D eigenvalue weighted by molar-refractivity contribution is 5.82. The van der Waals surface area contributed by atoms with Gasteiger partial charge in [0.05, 0.1) is 31.8 Å². The predicted octanol–water partition coefficient (Wildman–Crippen LogP) is 10.3. The number of carbonyl (C=O) groups excluding carboxylic acids is 3. The highest BCUT2D eigenvalue weighted by Crippen LogP contribution is 2.46. The van der Waals surface area contributed by atoms with Gasteiger partial charge in [-0.25, -0.2) is 0 Å². The minimum absolute atomic E-state index is 0.0231. The molecular weight excluding hydrogens is 821 g/mol. The van der Waals surface area contributed by atoms with E-state index in [0.717, 1.165) is 50.3 Å². The van der Waals surface area contributed by atoms with Crippen LogP contribution < -0.4 is 4.74 Å². The molecule has 0 aliphatic heterocycles. The second kappa shape index (κ2) is 20.5. The summed E-state index contributed by atoms with van der Waals surface area (Å²) in [6.07, 6.45) is 0.335. The summed E-state index contributed by atoms with van der Waals surface area (Å²) in [5.41, 5.74) is 10.5. The maximum atomic E-state index is 12.6. The number of carboxylic acid groups (broad SMARTS) is 1. The Kier molecular flexibility index (Phi) is 14.5. The Morgan fingerprint density at radius 1 is 0.538 bits per heavy atom. The summed E-state index contributed by atoms with van der Waals surface area (Å²) < 4.78 is 21.9. The van der Waals surface area contributed by atoms with Gasteiger partial charge >= 0.3 is 23.9 Å². The number of aliphatic carboxylic acids is 1. The molecule has 0 unspecified atom stereocenters. The van der Waals surface area contributed by atoms with Crippen LogP contribution in [0.5, 0.6) is 11.5 Å². The Hall–Kier alpha value is -7.20. The molecule has 6 aromatic rings. The number of rotatable bonds is 15. The van der Waals surface area contributed by atoms with Gasteiger partial charge in [-0.1, -0.05) is 121 Å². The number of esters is 3. The fourth-order valence-corrected chi connectivity index (χ4v) is 8.65. The van der Waals surface area contributed by atoms with Gasteiger partial charge in [-0.15, -0.1) is 0 Å². The van der Waals surface area contributed by atoms with Crippen molar-refractivity contribution in [1.29, 1.82) is 0 Å². The minimum Gasteiger partial charge on any atom is -0.508 e. The number of carboxylic acids is 1. The van der Waals surface area contributed by atoms with Crippen molar-refractivity contribution < 1.29 is 48.3 Å². The van der Waals surface area contributed by atoms with E-state index in [1.807, 2.05) is 93.6 Å². The largest absolute Gasteiger partial charge is 0.508 e. The van der Waals surface area contributed by atoms with E-state index >= 15 is 0 Å². The number of hydrogen-bond acceptors (Lipinski definition) is 9. The summed E-state index contributed by atoms with van der Waals surface area (Å²) in [6, 6.07) is 46.4. The van der Waals surface area contributed by atoms with E-state index in [4.69, 9.17) is 18.9 Å². The smallest absolute Gasteiger partial charge is 0.309 e. The number of carbonyl (C=O) groups is 4. The molecule has 0 heterocycles. The number of ether oxygens (including phenoxy) is 4. The summed E-state index contributed by atoms with van der Waals surface area (Å²) in [5, 5.41) is 19.1. The van der Waals surface area contributed by atoms with Crippen molar-refractivity contribution in [1.82, 2.24) is 0 Å². The molecule has 2 aliphatic carbocycles. The third-order valence-corrected chi connectivity index (χ3v) is 11.7. The van der Waals surface area contributed by atoms with E-state index < -0.39 is 35.7 Å². The molecule has 2 atom stereocenters. The molecular formula is C55H54O10. The number of phenolic OH excluding ortho intramolecular Hbond substituents is 1. The normalized spacial score (nSPS) is 13.4. The van der Waals surface area contributed by atoms with Crippen LogP contribution in [0.3, 0.4) is 0 Å². The molecule has 10 heteroatoms. The quantitative estimate of drug-likeness (QED) is 0.0755. The van der Waals surface area contributed by atoms with E-state index in [9.17, 15) is 29.4 Å². The Labute approximate surface area is 379 Å². The standard InChI is InChI=1S/C29H30O5.C26H24O5/c1-29(2,3)34-21-14-12-19(13-15-21)16-20(28(31)32)17-27(30)33-18-26-24-10-6-4-8-22(24)23-9-5-7-11-25(23)26;1-30-26(29)18(14-17-10-12-19(27)13-11-17)15-25(28)31-16-24-22-8-4-2-6-20(22)21-7-3-5-9-23(21)24/h4-15,20,26H,16-18H2,1-3H3,(H,31,32);2-13,18,24,27H,14-16H2,1H3/t20-;18-/m00/s1. The lowest BCUT2D eigenvalue weighted by atomic mass is 9.96. The first-order chi connectivity index (χ1) is 31.3. The average Bonchev–Trinajstić information content (AvgIpc) is 3.80. The highest BCUT2D eigenvalue weighted by Gasteiger charge is 2.32. The number of phenols is 1. The van der Waals surface area contributed by atoms with Crippen LogP contribution in [-0.2, 0) is 46.2 Å². The molecule has 65 heavy (non-hydrogen) atoms. The first-order valence-corrected chi connectivity index (χ1v) is 21.8. The van der Waals surface area contributed by atoms with E-state index in [0.29, 0.717) is 6.42 Å². The number of aromatic hydroxyl groups is 1. The van der Waals surface area contributed by atoms with Crippen LogP contribution in [0.25, 0.3) is 22.3 Å². The van der Waals surface area contributed by atoms with Crippen LogP contribution in [0.4, 0.5) is 0 Å². The zero-order valence-corrected chi connectivity index (χ0v) is 37.1. The Morgan fingerprint density at radius 3 is 1.29 bits per heavy atom.